The second kappa shape index (κ2) is 8.58. The van der Waals surface area contributed by atoms with E-state index in [0.717, 1.165) is 21.4 Å². The van der Waals surface area contributed by atoms with Crippen molar-refractivity contribution in [3.05, 3.63) is 80.0 Å². The van der Waals surface area contributed by atoms with Crippen LogP contribution in [0, 0.1) is 23.0 Å². The Morgan fingerprint density at radius 2 is 1.94 bits per heavy atom. The number of halogens is 2. The van der Waals surface area contributed by atoms with Crippen LogP contribution in [-0.4, -0.2) is 27.4 Å². The van der Waals surface area contributed by atoms with Gasteiger partial charge < -0.3 is 10.1 Å². The molecule has 0 aliphatic heterocycles. The summed E-state index contributed by atoms with van der Waals surface area (Å²) < 4.78 is 34.4. The molecule has 2 aromatic carbocycles. The van der Waals surface area contributed by atoms with Gasteiger partial charge in [-0.05, 0) is 35.9 Å². The summed E-state index contributed by atoms with van der Waals surface area (Å²) in [4.78, 5) is 36.8. The average molecular weight is 427 g/mol. The highest BCUT2D eigenvalue weighted by Gasteiger charge is 2.17. The number of nitrogens with zero attached hydrogens (tertiary/aromatic N) is 4. The van der Waals surface area contributed by atoms with Gasteiger partial charge >= 0.3 is 11.2 Å². The fourth-order valence-corrected chi connectivity index (χ4v) is 2.79. The van der Waals surface area contributed by atoms with Crippen LogP contribution in [0.15, 0.2) is 46.0 Å². The van der Waals surface area contributed by atoms with Crippen molar-refractivity contribution in [1.29, 1.82) is 5.26 Å². The van der Waals surface area contributed by atoms with E-state index in [-0.39, 0.29) is 29.0 Å². The van der Waals surface area contributed by atoms with E-state index >= 15 is 0 Å². The Labute approximate surface area is 173 Å². The molecule has 0 atom stereocenters. The second-order valence-corrected chi connectivity index (χ2v) is 6.37. The summed E-state index contributed by atoms with van der Waals surface area (Å²) in [6.45, 7) is 0.857. The van der Waals surface area contributed by atoms with E-state index < -0.39 is 34.7 Å². The van der Waals surface area contributed by atoms with Gasteiger partial charge in [0.15, 0.2) is 0 Å². The third-order valence-corrected chi connectivity index (χ3v) is 4.22. The van der Waals surface area contributed by atoms with E-state index in [1.165, 1.54) is 38.3 Å². The first kappa shape index (κ1) is 21.4. The van der Waals surface area contributed by atoms with Gasteiger partial charge in [0.25, 0.3) is 5.88 Å². The van der Waals surface area contributed by atoms with Crippen molar-refractivity contribution in [2.24, 2.45) is 0 Å². The molecule has 0 unspecified atom stereocenters. The molecule has 0 fully saturated rings. The van der Waals surface area contributed by atoms with Crippen LogP contribution in [0.5, 0.6) is 5.88 Å². The number of carbonyl (C=O) groups is 1. The van der Waals surface area contributed by atoms with Gasteiger partial charge in [0, 0.05) is 6.92 Å². The number of benzene rings is 2. The Balaban J connectivity index is 2.16. The number of aromatic nitrogens is 3. The quantitative estimate of drug-likeness (QED) is 0.660. The van der Waals surface area contributed by atoms with E-state index in [1.807, 2.05) is 0 Å². The van der Waals surface area contributed by atoms with Crippen LogP contribution in [0.4, 0.5) is 14.5 Å². The molecule has 1 amide bonds. The molecule has 9 nitrogen and oxygen atoms in total. The van der Waals surface area contributed by atoms with Crippen LogP contribution in [0.3, 0.4) is 0 Å². The van der Waals surface area contributed by atoms with Crippen molar-refractivity contribution in [3.63, 3.8) is 0 Å². The Hall–Kier alpha value is -4.33. The van der Waals surface area contributed by atoms with E-state index in [9.17, 15) is 23.2 Å². The van der Waals surface area contributed by atoms with Gasteiger partial charge in [0.05, 0.1) is 30.6 Å². The first-order chi connectivity index (χ1) is 14.7. The third kappa shape index (κ3) is 4.32. The SMILES string of the molecule is COc1nn(-c2ccc(F)c(NC(C)=O)c2)c(=O)n(Cc2ccc(C#N)c(F)c2)c1=O. The van der Waals surface area contributed by atoms with Crippen molar-refractivity contribution in [2.75, 3.05) is 12.4 Å². The van der Waals surface area contributed by atoms with Crippen molar-refractivity contribution in [2.45, 2.75) is 13.5 Å². The lowest BCUT2D eigenvalue weighted by molar-refractivity contribution is -0.114. The van der Waals surface area contributed by atoms with Crippen molar-refractivity contribution in [1.82, 2.24) is 14.3 Å². The third-order valence-electron chi connectivity index (χ3n) is 4.22. The zero-order valence-electron chi connectivity index (χ0n) is 16.3. The molecule has 0 spiro atoms. The minimum absolute atomic E-state index is 0.0493. The molecule has 1 aromatic heterocycles. The summed E-state index contributed by atoms with van der Waals surface area (Å²) in [6, 6.07) is 8.76. The lowest BCUT2D eigenvalue weighted by Crippen LogP contribution is -2.41. The maximum atomic E-state index is 14.0. The van der Waals surface area contributed by atoms with Crippen LogP contribution in [0.1, 0.15) is 18.1 Å². The molecule has 158 valence electrons. The van der Waals surface area contributed by atoms with Crippen molar-refractivity contribution >= 4 is 11.6 Å². The number of anilines is 1. The van der Waals surface area contributed by atoms with E-state index in [4.69, 9.17) is 10.00 Å². The molecule has 0 radical (unpaired) electrons. The molecule has 0 aliphatic rings. The van der Waals surface area contributed by atoms with Gasteiger partial charge in [-0.15, -0.1) is 5.10 Å². The fraction of sp³-hybridized carbons (Fsp3) is 0.150. The number of carbonyl (C=O) groups excluding carboxylic acids is 1. The molecule has 0 aliphatic carbocycles. The van der Waals surface area contributed by atoms with Crippen LogP contribution in [0.2, 0.25) is 0 Å². The van der Waals surface area contributed by atoms with E-state index in [2.05, 4.69) is 10.4 Å². The van der Waals surface area contributed by atoms with Crippen LogP contribution in [0.25, 0.3) is 5.69 Å². The molecule has 0 saturated heterocycles. The Bertz CT molecular complexity index is 1340. The number of rotatable bonds is 5. The van der Waals surface area contributed by atoms with Gasteiger partial charge in [-0.25, -0.2) is 18.1 Å². The topological polar surface area (TPSA) is 119 Å². The van der Waals surface area contributed by atoms with Gasteiger partial charge in [0.1, 0.15) is 17.7 Å². The minimum atomic E-state index is -0.907. The van der Waals surface area contributed by atoms with Gasteiger partial charge in [-0.2, -0.15) is 9.94 Å². The summed E-state index contributed by atoms with van der Waals surface area (Å²) in [5.41, 5.74) is -1.85. The molecular formula is C20H15F2N5O4. The van der Waals surface area contributed by atoms with Crippen LogP contribution >= 0.6 is 0 Å². The molecular weight excluding hydrogens is 412 g/mol. The lowest BCUT2D eigenvalue weighted by atomic mass is 10.1. The Morgan fingerprint density at radius 1 is 1.19 bits per heavy atom. The van der Waals surface area contributed by atoms with Crippen LogP contribution in [-0.2, 0) is 11.3 Å². The van der Waals surface area contributed by atoms with Gasteiger partial charge in [0.2, 0.25) is 5.91 Å². The van der Waals surface area contributed by atoms with Crippen molar-refractivity contribution in [3.8, 4) is 17.6 Å². The highest BCUT2D eigenvalue weighted by molar-refractivity contribution is 5.89. The first-order valence-electron chi connectivity index (χ1n) is 8.79. The molecule has 0 saturated carbocycles. The number of hydrogen-bond acceptors (Lipinski definition) is 6. The first-order valence-corrected chi connectivity index (χ1v) is 8.79. The highest BCUT2D eigenvalue weighted by atomic mass is 19.1. The normalized spacial score (nSPS) is 10.4. The zero-order valence-corrected chi connectivity index (χ0v) is 16.3. The molecule has 0 bridgehead atoms. The molecule has 31 heavy (non-hydrogen) atoms. The minimum Gasteiger partial charge on any atom is -0.476 e. The predicted octanol–water partition coefficient (Wildman–Crippen LogP) is 1.56. The number of amides is 1. The summed E-state index contributed by atoms with van der Waals surface area (Å²) in [5, 5.41) is 15.0. The molecule has 11 heteroatoms. The number of ether oxygens (including phenoxy) is 1. The molecule has 1 heterocycles. The number of nitrogens with one attached hydrogen (secondary N) is 1. The maximum absolute atomic E-state index is 14.0. The molecule has 3 aromatic rings. The number of nitriles is 1. The molecule has 1 N–H and O–H groups in total. The zero-order chi connectivity index (χ0) is 22.7. The smallest absolute Gasteiger partial charge is 0.352 e. The standard InChI is InChI=1S/C20H15F2N5O4/c1-11(28)24-17-8-14(5-6-15(17)21)27-20(30)26(19(29)18(25-27)31-2)10-12-3-4-13(9-23)16(22)7-12/h3-8H,10H2,1-2H3,(H,24,28). The van der Waals surface area contributed by atoms with E-state index in [0.29, 0.717) is 0 Å². The summed E-state index contributed by atoms with van der Waals surface area (Å²) in [5.74, 6) is -2.49. The Kier molecular flexibility index (Phi) is 5.92. The summed E-state index contributed by atoms with van der Waals surface area (Å²) >= 11 is 0. The van der Waals surface area contributed by atoms with E-state index in [1.54, 1.807) is 6.07 Å². The molecule has 3 rings (SSSR count). The second-order valence-electron chi connectivity index (χ2n) is 6.37. The van der Waals surface area contributed by atoms with Crippen LogP contribution < -0.4 is 21.3 Å². The lowest BCUT2D eigenvalue weighted by Gasteiger charge is -2.13. The number of methoxy groups -OCH3 is 1. The number of hydrogen-bond donors (Lipinski definition) is 1. The largest absolute Gasteiger partial charge is 0.476 e. The monoisotopic (exact) mass is 427 g/mol. The van der Waals surface area contributed by atoms with Gasteiger partial charge in [-0.3, -0.25) is 9.59 Å². The summed E-state index contributed by atoms with van der Waals surface area (Å²) in [6.07, 6.45) is 0. The maximum Gasteiger partial charge on any atom is 0.352 e. The summed E-state index contributed by atoms with van der Waals surface area (Å²) in [7, 11) is 1.18. The van der Waals surface area contributed by atoms with Gasteiger partial charge in [-0.1, -0.05) is 6.07 Å². The highest BCUT2D eigenvalue weighted by Crippen LogP contribution is 2.18. The van der Waals surface area contributed by atoms with Crippen molar-refractivity contribution < 1.29 is 18.3 Å². The predicted molar refractivity (Wildman–Crippen MR) is 105 cm³/mol. The fourth-order valence-electron chi connectivity index (χ4n) is 2.79. The Morgan fingerprint density at radius 3 is 2.55 bits per heavy atom. The average Bonchev–Trinajstić information content (AvgIpc) is 2.73.